The highest BCUT2D eigenvalue weighted by molar-refractivity contribution is 6.14. The summed E-state index contributed by atoms with van der Waals surface area (Å²) in [6.45, 7) is 9.43. The number of para-hydroxylation sites is 6. The van der Waals surface area contributed by atoms with Crippen molar-refractivity contribution in [2.75, 3.05) is 0 Å². The van der Waals surface area contributed by atoms with E-state index in [9.17, 15) is 10.7 Å². The zero-order chi connectivity index (χ0) is 45.6. The van der Waals surface area contributed by atoms with Crippen LogP contribution in [0.25, 0.3) is 121 Å². The van der Waals surface area contributed by atoms with Gasteiger partial charge < -0.3 is 13.7 Å². The smallest absolute Gasteiger partial charge is 0.234 e. The summed E-state index contributed by atoms with van der Waals surface area (Å²) >= 11 is 0. The Morgan fingerprint density at radius 1 is 0.369 bits per heavy atom. The molecule has 0 aliphatic carbocycles. The van der Waals surface area contributed by atoms with Crippen molar-refractivity contribution < 1.29 is 4.11 Å². The van der Waals surface area contributed by atoms with E-state index in [1.54, 1.807) is 12.1 Å². The predicted octanol–water partition coefficient (Wildman–Crippen LogP) is 14.7. The standard InChI is InChI=1S/C58H35N7/c1-59-54-52(64-47-32-16-10-26-41(47)42-27-11-17-33-48(42)64)36-51(63-45-30-14-8-24-39(45)40-25-9-15-31-46(40)63)53(55(54)65-49-34-18-12-28-43(49)44-29-13-19-35-50(44)65)58-61-56(37-20-4-2-5-21-37)60-57(62-58)38-22-6-3-7-23-38/h2-36H/i24D,26D,28D. The number of aromatic nitrogens is 6. The highest BCUT2D eigenvalue weighted by atomic mass is 15.1. The second kappa shape index (κ2) is 14.5. The highest BCUT2D eigenvalue weighted by Crippen LogP contribution is 2.49. The second-order valence-corrected chi connectivity index (χ2v) is 16.0. The van der Waals surface area contributed by atoms with E-state index in [0.29, 0.717) is 63.9 Å². The molecule has 0 unspecified atom stereocenters. The van der Waals surface area contributed by atoms with E-state index in [1.807, 2.05) is 164 Å². The fourth-order valence-electron chi connectivity index (χ4n) is 9.73. The number of rotatable bonds is 6. The van der Waals surface area contributed by atoms with Crippen molar-refractivity contribution in [3.05, 3.63) is 224 Å². The van der Waals surface area contributed by atoms with Crippen molar-refractivity contribution in [1.29, 1.82) is 0 Å². The Labute approximate surface area is 377 Å². The van der Waals surface area contributed by atoms with Crippen LogP contribution in [0.4, 0.5) is 5.69 Å². The van der Waals surface area contributed by atoms with Gasteiger partial charge in [0.05, 0.1) is 66.4 Å². The zero-order valence-electron chi connectivity index (χ0n) is 37.6. The summed E-state index contributed by atoms with van der Waals surface area (Å²) in [6, 6.07) is 64.3. The third kappa shape index (κ3) is 5.51. The Balaban J connectivity index is 1.32. The zero-order valence-corrected chi connectivity index (χ0v) is 34.6. The molecule has 4 heterocycles. The molecule has 0 saturated heterocycles. The second-order valence-electron chi connectivity index (χ2n) is 16.0. The number of fused-ring (bicyclic) bond motifs is 9. The van der Waals surface area contributed by atoms with Crippen molar-refractivity contribution in [2.24, 2.45) is 0 Å². The summed E-state index contributed by atoms with van der Waals surface area (Å²) in [5, 5.41) is 4.94. The first kappa shape index (κ1) is 33.5. The molecule has 0 aliphatic heterocycles. The van der Waals surface area contributed by atoms with Gasteiger partial charge >= 0.3 is 0 Å². The molecule has 4 aromatic heterocycles. The van der Waals surface area contributed by atoms with Crippen molar-refractivity contribution >= 4 is 71.1 Å². The van der Waals surface area contributed by atoms with Crippen LogP contribution in [0, 0.1) is 6.57 Å². The van der Waals surface area contributed by atoms with E-state index in [1.165, 1.54) is 0 Å². The number of hydrogen-bond donors (Lipinski definition) is 0. The van der Waals surface area contributed by atoms with Crippen molar-refractivity contribution in [3.63, 3.8) is 0 Å². The van der Waals surface area contributed by atoms with Crippen LogP contribution in [-0.4, -0.2) is 28.7 Å². The Bertz CT molecular complexity index is 4200. The number of hydrogen-bond acceptors (Lipinski definition) is 3. The molecular weight excluding hydrogens is 795 g/mol. The molecule has 0 saturated carbocycles. The van der Waals surface area contributed by atoms with Crippen LogP contribution in [0.1, 0.15) is 4.11 Å². The molecule has 0 aliphatic rings. The molecular formula is C58H35N7. The first-order valence-corrected chi connectivity index (χ1v) is 21.4. The van der Waals surface area contributed by atoms with Gasteiger partial charge in [-0.05, 0) is 42.5 Å². The lowest BCUT2D eigenvalue weighted by Gasteiger charge is -2.24. The molecule has 7 nitrogen and oxygen atoms in total. The predicted molar refractivity (Wildman–Crippen MR) is 265 cm³/mol. The molecule has 0 atom stereocenters. The van der Waals surface area contributed by atoms with Gasteiger partial charge in [-0.25, -0.2) is 19.8 Å². The van der Waals surface area contributed by atoms with E-state index in [0.717, 1.165) is 76.5 Å². The van der Waals surface area contributed by atoms with E-state index >= 15 is 0 Å². The first-order valence-electron chi connectivity index (χ1n) is 22.9. The van der Waals surface area contributed by atoms with Gasteiger partial charge in [0, 0.05) is 43.4 Å². The van der Waals surface area contributed by atoms with E-state index in [-0.39, 0.29) is 0 Å². The van der Waals surface area contributed by atoms with Crippen molar-refractivity contribution in [3.8, 4) is 51.2 Å². The van der Waals surface area contributed by atoms with Crippen LogP contribution in [0.2, 0.25) is 0 Å². The molecule has 0 radical (unpaired) electrons. The van der Waals surface area contributed by atoms with Gasteiger partial charge in [-0.2, -0.15) is 0 Å². The fraction of sp³-hybridized carbons (Fsp3) is 0. The summed E-state index contributed by atoms with van der Waals surface area (Å²) in [5.41, 5.74) is 8.97. The Morgan fingerprint density at radius 2 is 0.723 bits per heavy atom. The van der Waals surface area contributed by atoms with Crippen LogP contribution < -0.4 is 0 Å². The van der Waals surface area contributed by atoms with Crippen LogP contribution in [-0.2, 0) is 0 Å². The minimum Gasteiger partial charge on any atom is -0.319 e. The van der Waals surface area contributed by atoms with Crippen LogP contribution in [0.15, 0.2) is 212 Å². The monoisotopic (exact) mass is 832 g/mol. The molecule has 7 heteroatoms. The topological polar surface area (TPSA) is 57.8 Å². The van der Waals surface area contributed by atoms with Gasteiger partial charge in [0.1, 0.15) is 0 Å². The molecule has 0 N–H and O–H groups in total. The van der Waals surface area contributed by atoms with E-state index < -0.39 is 0 Å². The fourth-order valence-corrected chi connectivity index (χ4v) is 9.73. The average molecular weight is 833 g/mol. The molecule has 13 rings (SSSR count). The van der Waals surface area contributed by atoms with Gasteiger partial charge in [0.2, 0.25) is 5.69 Å². The summed E-state index contributed by atoms with van der Waals surface area (Å²) in [5.74, 6) is 1.24. The Kier molecular flexibility index (Phi) is 7.46. The molecule has 65 heavy (non-hydrogen) atoms. The molecule has 0 amide bonds. The largest absolute Gasteiger partial charge is 0.319 e. The third-order valence-corrected chi connectivity index (χ3v) is 12.4. The Morgan fingerprint density at radius 3 is 1.18 bits per heavy atom. The normalized spacial score (nSPS) is 12.3. The summed E-state index contributed by atoms with van der Waals surface area (Å²) in [6.07, 6.45) is 0. The minimum absolute atomic E-state index is 0.310. The molecule has 302 valence electrons. The van der Waals surface area contributed by atoms with Gasteiger partial charge in [-0.1, -0.05) is 170 Å². The summed E-state index contributed by atoms with van der Waals surface area (Å²) in [7, 11) is 0. The molecule has 0 spiro atoms. The van der Waals surface area contributed by atoms with E-state index in [2.05, 4.69) is 36.7 Å². The number of benzene rings is 9. The maximum absolute atomic E-state index is 9.43. The van der Waals surface area contributed by atoms with Gasteiger partial charge in [-0.3, -0.25) is 0 Å². The van der Waals surface area contributed by atoms with Gasteiger partial charge in [-0.15, -0.1) is 0 Å². The molecule has 13 aromatic rings. The van der Waals surface area contributed by atoms with Crippen LogP contribution in [0.3, 0.4) is 0 Å². The average Bonchev–Trinajstić information content (AvgIpc) is 4.03. The molecule has 9 aromatic carbocycles. The Hall–Kier alpha value is -9.12. The van der Waals surface area contributed by atoms with Gasteiger partial charge in [0.15, 0.2) is 17.5 Å². The maximum Gasteiger partial charge on any atom is 0.234 e. The van der Waals surface area contributed by atoms with Crippen molar-refractivity contribution in [2.45, 2.75) is 0 Å². The highest BCUT2D eigenvalue weighted by Gasteiger charge is 2.31. The lowest BCUT2D eigenvalue weighted by atomic mass is 10.0. The lowest BCUT2D eigenvalue weighted by molar-refractivity contribution is 1.05. The van der Waals surface area contributed by atoms with Crippen molar-refractivity contribution in [1.82, 2.24) is 28.7 Å². The maximum atomic E-state index is 9.43. The third-order valence-electron chi connectivity index (χ3n) is 12.4. The summed E-state index contributed by atoms with van der Waals surface area (Å²) < 4.78 is 34.3. The van der Waals surface area contributed by atoms with Crippen LogP contribution in [0.5, 0.6) is 0 Å². The van der Waals surface area contributed by atoms with Gasteiger partial charge in [0.25, 0.3) is 0 Å². The molecule has 0 bridgehead atoms. The SMILES string of the molecule is [2H]c1cccc2c1c1ccccc1n2-c1cc(-n2c3ccccc3c3c([2H])cccc32)c(-c2nc(-c3ccccc3)nc(-c3ccccc3)n2)c(-n2c3ccccc3c3c([2H])cccc32)c1[N+]#[C-]. The lowest BCUT2D eigenvalue weighted by Crippen LogP contribution is -2.10. The number of nitrogens with zero attached hydrogens (tertiary/aromatic N) is 7. The minimum atomic E-state index is 0.310. The quantitative estimate of drug-likeness (QED) is 0.157. The molecule has 0 fully saturated rings. The first-order chi connectivity index (χ1) is 33.5. The summed E-state index contributed by atoms with van der Waals surface area (Å²) in [4.78, 5) is 20.5. The van der Waals surface area contributed by atoms with Crippen LogP contribution >= 0.6 is 0 Å². The van der Waals surface area contributed by atoms with E-state index in [4.69, 9.17) is 15.0 Å².